The summed E-state index contributed by atoms with van der Waals surface area (Å²) in [5.74, 6) is 0.800. The Morgan fingerprint density at radius 2 is 1.72 bits per heavy atom. The van der Waals surface area contributed by atoms with Crippen LogP contribution in [0.25, 0.3) is 11.5 Å². The van der Waals surface area contributed by atoms with Gasteiger partial charge in [0.1, 0.15) is 5.69 Å². The van der Waals surface area contributed by atoms with E-state index in [2.05, 4.69) is 27.1 Å². The summed E-state index contributed by atoms with van der Waals surface area (Å²) in [5.41, 5.74) is 1.94. The van der Waals surface area contributed by atoms with E-state index >= 15 is 0 Å². The minimum Gasteiger partial charge on any atom is -0.311 e. The first-order valence-electron chi connectivity index (χ1n) is 7.53. The van der Waals surface area contributed by atoms with Crippen molar-refractivity contribution < 1.29 is 0 Å². The summed E-state index contributed by atoms with van der Waals surface area (Å²) in [6, 6.07) is 15.6. The summed E-state index contributed by atoms with van der Waals surface area (Å²) >= 11 is 13.5. The highest BCUT2D eigenvalue weighted by Crippen LogP contribution is 2.32. The molecule has 2 aliphatic heterocycles. The van der Waals surface area contributed by atoms with E-state index in [-0.39, 0.29) is 0 Å². The van der Waals surface area contributed by atoms with Gasteiger partial charge in [0, 0.05) is 14.9 Å². The molecule has 4 nitrogen and oxygen atoms in total. The number of imidazole rings is 1. The Labute approximate surface area is 159 Å². The standard InChI is InChI=1S/C18H12Cl2N4S/c19-13-6-14(20)8-15(7-13)25-18-22-16-9-21-11-24(17(16)23-18)10-12-4-2-1-3-5-12/h1-9,11H,10H2. The Kier molecular flexibility index (Phi) is 4.61. The smallest absolute Gasteiger partial charge is 0.195 e. The van der Waals surface area contributed by atoms with Crippen LogP contribution < -0.4 is 0 Å². The van der Waals surface area contributed by atoms with Crippen LogP contribution in [0.4, 0.5) is 0 Å². The Balaban J connectivity index is 1.65. The fourth-order valence-corrected chi connectivity index (χ4v) is 4.01. The van der Waals surface area contributed by atoms with Gasteiger partial charge in [-0.05, 0) is 35.5 Å². The van der Waals surface area contributed by atoms with E-state index in [4.69, 9.17) is 23.2 Å². The van der Waals surface area contributed by atoms with Gasteiger partial charge in [-0.1, -0.05) is 53.5 Å². The molecule has 2 aromatic carbocycles. The normalized spacial score (nSPS) is 11.1. The summed E-state index contributed by atoms with van der Waals surface area (Å²) in [7, 11) is 0. The van der Waals surface area contributed by atoms with Crippen molar-refractivity contribution in [2.75, 3.05) is 0 Å². The van der Waals surface area contributed by atoms with Gasteiger partial charge in [0.2, 0.25) is 0 Å². The third kappa shape index (κ3) is 3.79. The van der Waals surface area contributed by atoms with Crippen LogP contribution in [0.1, 0.15) is 5.56 Å². The van der Waals surface area contributed by atoms with E-state index in [0.717, 1.165) is 16.4 Å². The molecule has 25 heavy (non-hydrogen) atoms. The minimum atomic E-state index is 0.590. The van der Waals surface area contributed by atoms with Crippen molar-refractivity contribution in [3.63, 3.8) is 0 Å². The molecule has 7 heteroatoms. The number of nitrogens with zero attached hydrogens (tertiary/aromatic N) is 4. The third-order valence-corrected chi connectivity index (χ3v) is 4.84. The highest BCUT2D eigenvalue weighted by molar-refractivity contribution is 7.99. The first kappa shape index (κ1) is 16.4. The molecule has 4 rings (SSSR count). The molecular formula is C18H12Cl2N4S. The summed E-state index contributed by atoms with van der Waals surface area (Å²) in [6.07, 6.45) is 3.49. The van der Waals surface area contributed by atoms with Gasteiger partial charge >= 0.3 is 0 Å². The number of hydrogen-bond donors (Lipinski definition) is 0. The first-order chi connectivity index (χ1) is 12.2. The Hall–Kier alpha value is -2.08. The Bertz CT molecular complexity index is 967. The van der Waals surface area contributed by atoms with Crippen molar-refractivity contribution in [1.82, 2.24) is 19.5 Å². The van der Waals surface area contributed by atoms with Crippen molar-refractivity contribution in [2.45, 2.75) is 16.6 Å². The second-order valence-electron chi connectivity index (χ2n) is 5.43. The lowest BCUT2D eigenvalue weighted by Crippen LogP contribution is -2.05. The van der Waals surface area contributed by atoms with Gasteiger partial charge in [-0.15, -0.1) is 0 Å². The molecule has 0 amide bonds. The van der Waals surface area contributed by atoms with Crippen LogP contribution in [0.3, 0.4) is 0 Å². The number of hydrogen-bond acceptors (Lipinski definition) is 4. The highest BCUT2D eigenvalue weighted by Gasteiger charge is 2.16. The van der Waals surface area contributed by atoms with Crippen molar-refractivity contribution in [3.05, 3.63) is 76.7 Å². The average molecular weight is 387 g/mol. The lowest BCUT2D eigenvalue weighted by molar-refractivity contribution is 0.758. The zero-order chi connectivity index (χ0) is 17.2. The van der Waals surface area contributed by atoms with Crippen LogP contribution in [0.15, 0.2) is 71.1 Å². The maximum absolute atomic E-state index is 6.06. The van der Waals surface area contributed by atoms with Crippen molar-refractivity contribution in [3.8, 4) is 11.5 Å². The lowest BCUT2D eigenvalue weighted by atomic mass is 10.2. The molecule has 0 N–H and O–H groups in total. The maximum Gasteiger partial charge on any atom is 0.195 e. The quantitative estimate of drug-likeness (QED) is 0.478. The predicted molar refractivity (Wildman–Crippen MR) is 101 cm³/mol. The van der Waals surface area contributed by atoms with Crippen LogP contribution in [0.2, 0.25) is 10.0 Å². The molecule has 0 atom stereocenters. The molecule has 0 fully saturated rings. The molecule has 2 aromatic rings. The zero-order valence-electron chi connectivity index (χ0n) is 12.9. The fraction of sp³-hybridized carbons (Fsp3) is 0.0556. The molecule has 0 radical (unpaired) electrons. The molecule has 0 bridgehead atoms. The van der Waals surface area contributed by atoms with Gasteiger partial charge in [0.15, 0.2) is 11.0 Å². The molecule has 2 aliphatic rings. The van der Waals surface area contributed by atoms with Gasteiger partial charge in [0.25, 0.3) is 0 Å². The van der Waals surface area contributed by atoms with Gasteiger partial charge in [-0.2, -0.15) is 0 Å². The summed E-state index contributed by atoms with van der Waals surface area (Å²) in [6.45, 7) is 0.691. The summed E-state index contributed by atoms with van der Waals surface area (Å²) < 4.78 is 1.99. The molecular weight excluding hydrogens is 375 g/mol. The second-order valence-corrected chi connectivity index (χ2v) is 7.34. The zero-order valence-corrected chi connectivity index (χ0v) is 15.3. The number of aromatic nitrogens is 4. The second kappa shape index (κ2) is 7.04. The molecule has 0 saturated heterocycles. The highest BCUT2D eigenvalue weighted by atomic mass is 35.5. The van der Waals surface area contributed by atoms with Gasteiger partial charge in [0.05, 0.1) is 19.1 Å². The molecule has 0 aromatic heterocycles. The van der Waals surface area contributed by atoms with Crippen LogP contribution in [0.5, 0.6) is 0 Å². The number of benzene rings is 2. The van der Waals surface area contributed by atoms with Gasteiger partial charge in [-0.3, -0.25) is 0 Å². The Morgan fingerprint density at radius 1 is 0.960 bits per heavy atom. The maximum atomic E-state index is 6.06. The van der Waals surface area contributed by atoms with Crippen LogP contribution >= 0.6 is 35.0 Å². The van der Waals surface area contributed by atoms with Crippen LogP contribution in [-0.4, -0.2) is 19.5 Å². The average Bonchev–Trinajstić information content (AvgIpc) is 2.98. The third-order valence-electron chi connectivity index (χ3n) is 3.56. The predicted octanol–water partition coefficient (Wildman–Crippen LogP) is 5.28. The van der Waals surface area contributed by atoms with Gasteiger partial charge < -0.3 is 4.57 Å². The monoisotopic (exact) mass is 386 g/mol. The minimum absolute atomic E-state index is 0.590. The topological polar surface area (TPSA) is 43.6 Å². The molecule has 0 saturated carbocycles. The first-order valence-corrected chi connectivity index (χ1v) is 9.10. The van der Waals surface area contributed by atoms with Crippen LogP contribution in [-0.2, 0) is 6.54 Å². The summed E-state index contributed by atoms with van der Waals surface area (Å²) in [4.78, 5) is 14.4. The van der Waals surface area contributed by atoms with E-state index in [1.165, 1.54) is 17.3 Å². The van der Waals surface area contributed by atoms with Crippen molar-refractivity contribution >= 4 is 35.0 Å². The largest absolute Gasteiger partial charge is 0.311 e. The van der Waals surface area contributed by atoms with Crippen molar-refractivity contribution in [1.29, 1.82) is 0 Å². The fourth-order valence-electron chi connectivity index (χ4n) is 2.50. The number of halogens is 2. The molecule has 0 unspecified atom stereocenters. The number of rotatable bonds is 4. The number of fused-ring (bicyclic) bond motifs is 1. The van der Waals surface area contributed by atoms with E-state index < -0.39 is 0 Å². The van der Waals surface area contributed by atoms with Crippen molar-refractivity contribution in [2.24, 2.45) is 0 Å². The van der Waals surface area contributed by atoms with E-state index in [9.17, 15) is 0 Å². The van der Waals surface area contributed by atoms with E-state index in [0.29, 0.717) is 21.7 Å². The molecule has 0 aliphatic carbocycles. The molecule has 2 heterocycles. The van der Waals surface area contributed by atoms with E-state index in [1.54, 1.807) is 18.6 Å². The lowest BCUT2D eigenvalue weighted by Gasteiger charge is -2.09. The SMILES string of the molecule is Clc1cc(Cl)cc(Sc2nc3cncn(Cc4ccccc4)c-3n2)c1. The molecule has 124 valence electrons. The molecule has 0 spiro atoms. The summed E-state index contributed by atoms with van der Waals surface area (Å²) in [5, 5.41) is 1.82. The van der Waals surface area contributed by atoms with E-state index in [1.807, 2.05) is 34.9 Å². The Morgan fingerprint density at radius 3 is 2.48 bits per heavy atom. The van der Waals surface area contributed by atoms with Gasteiger partial charge in [-0.25, -0.2) is 15.0 Å². The van der Waals surface area contributed by atoms with Crippen LogP contribution in [0, 0.1) is 0 Å².